The van der Waals surface area contributed by atoms with Crippen molar-refractivity contribution < 1.29 is 0 Å². The van der Waals surface area contributed by atoms with Crippen molar-refractivity contribution in [3.8, 4) is 10.6 Å². The maximum Gasteiger partial charge on any atom is 0.183 e. The van der Waals surface area contributed by atoms with Crippen LogP contribution in [0.5, 0.6) is 0 Å². The molecule has 0 saturated heterocycles. The molecule has 0 amide bonds. The van der Waals surface area contributed by atoms with Crippen molar-refractivity contribution in [3.05, 3.63) is 16.1 Å². The molecule has 108 valence electrons. The largest absolute Gasteiger partial charge is 0.359 e. The normalized spacial score (nSPS) is 15.0. The standard InChI is InChI=1S/C15H21N3S2/c1-4-5-11-13(20-14(17-11)10-6-7-10)12-8-19-15(18-12)16-9(2)3/h8-10H,4-7H2,1-3H3,(H,16,18). The molecule has 0 aliphatic heterocycles. The number of aryl methyl sites for hydroxylation is 1. The molecule has 0 unspecified atom stereocenters. The molecule has 0 aromatic carbocycles. The second-order valence-electron chi connectivity index (χ2n) is 5.69. The molecule has 2 aromatic rings. The first kappa shape index (κ1) is 14.0. The molecule has 0 atom stereocenters. The maximum atomic E-state index is 4.87. The Balaban J connectivity index is 1.89. The summed E-state index contributed by atoms with van der Waals surface area (Å²) in [5.74, 6) is 0.733. The Hall–Kier alpha value is -0.940. The molecular formula is C15H21N3S2. The fourth-order valence-corrected chi connectivity index (χ4v) is 4.34. The third-order valence-corrected chi connectivity index (χ3v) is 5.33. The molecule has 1 N–H and O–H groups in total. The number of thiazole rings is 2. The second kappa shape index (κ2) is 5.82. The summed E-state index contributed by atoms with van der Waals surface area (Å²) in [4.78, 5) is 10.9. The molecule has 1 fully saturated rings. The zero-order valence-corrected chi connectivity index (χ0v) is 13.9. The van der Waals surface area contributed by atoms with Gasteiger partial charge >= 0.3 is 0 Å². The zero-order valence-electron chi connectivity index (χ0n) is 12.3. The molecule has 3 rings (SSSR count). The van der Waals surface area contributed by atoms with E-state index in [0.717, 1.165) is 29.6 Å². The summed E-state index contributed by atoms with van der Waals surface area (Å²) in [7, 11) is 0. The van der Waals surface area contributed by atoms with Crippen molar-refractivity contribution in [2.45, 2.75) is 58.4 Å². The Bertz CT molecular complexity index is 582. The number of aromatic nitrogens is 2. The minimum Gasteiger partial charge on any atom is -0.359 e. The average Bonchev–Trinajstić information content (AvgIpc) is 3.01. The van der Waals surface area contributed by atoms with E-state index < -0.39 is 0 Å². The summed E-state index contributed by atoms with van der Waals surface area (Å²) < 4.78 is 0. The predicted octanol–water partition coefficient (Wildman–Crippen LogP) is 4.92. The Morgan fingerprint density at radius 1 is 1.35 bits per heavy atom. The third-order valence-electron chi connectivity index (χ3n) is 3.28. The van der Waals surface area contributed by atoms with Gasteiger partial charge in [0, 0.05) is 17.3 Å². The highest BCUT2D eigenvalue weighted by molar-refractivity contribution is 7.17. The van der Waals surface area contributed by atoms with Crippen molar-refractivity contribution in [1.82, 2.24) is 9.97 Å². The summed E-state index contributed by atoms with van der Waals surface area (Å²) in [6.07, 6.45) is 4.83. The van der Waals surface area contributed by atoms with Crippen LogP contribution in [0.2, 0.25) is 0 Å². The minimum absolute atomic E-state index is 0.424. The van der Waals surface area contributed by atoms with Gasteiger partial charge in [-0.05, 0) is 33.1 Å². The van der Waals surface area contributed by atoms with Crippen molar-refractivity contribution >= 4 is 27.8 Å². The molecule has 1 aliphatic rings. The molecule has 1 saturated carbocycles. The summed E-state index contributed by atoms with van der Waals surface area (Å²) >= 11 is 3.55. The Morgan fingerprint density at radius 3 is 2.80 bits per heavy atom. The van der Waals surface area contributed by atoms with Gasteiger partial charge in [-0.15, -0.1) is 22.7 Å². The van der Waals surface area contributed by atoms with Gasteiger partial charge in [0.2, 0.25) is 0 Å². The lowest BCUT2D eigenvalue weighted by Gasteiger charge is -2.04. The number of rotatable bonds is 6. The highest BCUT2D eigenvalue weighted by Gasteiger charge is 2.28. The van der Waals surface area contributed by atoms with Gasteiger partial charge in [-0.3, -0.25) is 0 Å². The van der Waals surface area contributed by atoms with Crippen LogP contribution in [0, 0.1) is 0 Å². The highest BCUT2D eigenvalue weighted by Crippen LogP contribution is 2.45. The first-order valence-electron chi connectivity index (χ1n) is 7.39. The van der Waals surface area contributed by atoms with Crippen LogP contribution in [-0.4, -0.2) is 16.0 Å². The molecule has 0 radical (unpaired) electrons. The van der Waals surface area contributed by atoms with E-state index in [1.165, 1.54) is 28.4 Å². The maximum absolute atomic E-state index is 4.87. The van der Waals surface area contributed by atoms with E-state index in [4.69, 9.17) is 9.97 Å². The van der Waals surface area contributed by atoms with Crippen molar-refractivity contribution in [2.75, 3.05) is 5.32 Å². The second-order valence-corrected chi connectivity index (χ2v) is 7.58. The number of hydrogen-bond donors (Lipinski definition) is 1. The monoisotopic (exact) mass is 307 g/mol. The van der Waals surface area contributed by atoms with E-state index in [1.54, 1.807) is 11.3 Å². The van der Waals surface area contributed by atoms with Crippen LogP contribution in [0.25, 0.3) is 10.6 Å². The minimum atomic E-state index is 0.424. The van der Waals surface area contributed by atoms with Gasteiger partial charge in [-0.25, -0.2) is 9.97 Å². The van der Waals surface area contributed by atoms with Gasteiger partial charge in [0.1, 0.15) is 0 Å². The van der Waals surface area contributed by atoms with E-state index in [1.807, 2.05) is 11.3 Å². The van der Waals surface area contributed by atoms with Crippen LogP contribution < -0.4 is 5.32 Å². The number of nitrogens with one attached hydrogen (secondary N) is 1. The number of nitrogens with zero attached hydrogens (tertiary/aromatic N) is 2. The van der Waals surface area contributed by atoms with Crippen LogP contribution in [0.15, 0.2) is 5.38 Å². The smallest absolute Gasteiger partial charge is 0.183 e. The van der Waals surface area contributed by atoms with Crippen molar-refractivity contribution in [1.29, 1.82) is 0 Å². The molecule has 1 aliphatic carbocycles. The van der Waals surface area contributed by atoms with Crippen LogP contribution in [0.3, 0.4) is 0 Å². The summed E-state index contributed by atoms with van der Waals surface area (Å²) in [6, 6.07) is 0.424. The molecule has 20 heavy (non-hydrogen) atoms. The van der Waals surface area contributed by atoms with E-state index in [0.29, 0.717) is 6.04 Å². The fourth-order valence-electron chi connectivity index (χ4n) is 2.17. The van der Waals surface area contributed by atoms with Crippen LogP contribution in [0.1, 0.15) is 56.7 Å². The van der Waals surface area contributed by atoms with E-state index in [-0.39, 0.29) is 0 Å². The lowest BCUT2D eigenvalue weighted by Crippen LogP contribution is -2.08. The van der Waals surface area contributed by atoms with Crippen molar-refractivity contribution in [3.63, 3.8) is 0 Å². The van der Waals surface area contributed by atoms with E-state index >= 15 is 0 Å². The molecule has 2 aromatic heterocycles. The molecule has 2 heterocycles. The third kappa shape index (κ3) is 3.04. The topological polar surface area (TPSA) is 37.8 Å². The zero-order chi connectivity index (χ0) is 14.1. The SMILES string of the molecule is CCCc1nc(C2CC2)sc1-c1csc(NC(C)C)n1. The van der Waals surface area contributed by atoms with Gasteiger partial charge in [0.05, 0.1) is 21.3 Å². The molecule has 0 spiro atoms. The van der Waals surface area contributed by atoms with Crippen LogP contribution >= 0.6 is 22.7 Å². The highest BCUT2D eigenvalue weighted by atomic mass is 32.1. The van der Waals surface area contributed by atoms with Gasteiger partial charge in [0.25, 0.3) is 0 Å². The van der Waals surface area contributed by atoms with Crippen LogP contribution in [-0.2, 0) is 6.42 Å². The lowest BCUT2D eigenvalue weighted by atomic mass is 10.2. The van der Waals surface area contributed by atoms with Gasteiger partial charge < -0.3 is 5.32 Å². The Kier molecular flexibility index (Phi) is 4.08. The molecule has 5 heteroatoms. The Labute approximate surface area is 128 Å². The Morgan fingerprint density at radius 2 is 2.15 bits per heavy atom. The lowest BCUT2D eigenvalue weighted by molar-refractivity contribution is 0.880. The summed E-state index contributed by atoms with van der Waals surface area (Å²) in [6.45, 7) is 6.50. The molecular weight excluding hydrogens is 286 g/mol. The fraction of sp³-hybridized carbons (Fsp3) is 0.600. The summed E-state index contributed by atoms with van der Waals surface area (Å²) in [5, 5.41) is 7.88. The van der Waals surface area contributed by atoms with E-state index in [2.05, 4.69) is 31.5 Å². The van der Waals surface area contributed by atoms with Gasteiger partial charge in [-0.2, -0.15) is 0 Å². The average molecular weight is 307 g/mol. The van der Waals surface area contributed by atoms with Gasteiger partial charge in [-0.1, -0.05) is 13.3 Å². The quantitative estimate of drug-likeness (QED) is 0.823. The molecule has 0 bridgehead atoms. The number of anilines is 1. The number of hydrogen-bond acceptors (Lipinski definition) is 5. The summed E-state index contributed by atoms with van der Waals surface area (Å²) in [5.41, 5.74) is 2.35. The predicted molar refractivity (Wildman–Crippen MR) is 88.0 cm³/mol. The van der Waals surface area contributed by atoms with E-state index in [9.17, 15) is 0 Å². The molecule has 3 nitrogen and oxygen atoms in total. The van der Waals surface area contributed by atoms with Gasteiger partial charge in [0.15, 0.2) is 5.13 Å². The first-order chi connectivity index (χ1) is 9.67. The van der Waals surface area contributed by atoms with Crippen LogP contribution in [0.4, 0.5) is 5.13 Å². The van der Waals surface area contributed by atoms with Crippen molar-refractivity contribution in [2.24, 2.45) is 0 Å². The first-order valence-corrected chi connectivity index (χ1v) is 9.09.